The van der Waals surface area contributed by atoms with Crippen molar-refractivity contribution in [2.75, 3.05) is 0 Å². The van der Waals surface area contributed by atoms with Crippen molar-refractivity contribution in [3.05, 3.63) is 34.4 Å². The zero-order valence-corrected chi connectivity index (χ0v) is 10.6. The first-order valence-electron chi connectivity index (χ1n) is 5.48. The highest BCUT2D eigenvalue weighted by molar-refractivity contribution is 5.85. The molecular formula is C13H22ClN. The minimum atomic E-state index is 0. The van der Waals surface area contributed by atoms with Crippen LogP contribution < -0.4 is 6.15 Å². The molecule has 15 heavy (non-hydrogen) atoms. The van der Waals surface area contributed by atoms with Crippen LogP contribution in [0.2, 0.25) is 0 Å². The summed E-state index contributed by atoms with van der Waals surface area (Å²) in [6.45, 7) is 4.52. The summed E-state index contributed by atoms with van der Waals surface area (Å²) in [7, 11) is 0. The highest BCUT2D eigenvalue weighted by Crippen LogP contribution is 2.26. The monoisotopic (exact) mass is 227 g/mol. The van der Waals surface area contributed by atoms with Crippen LogP contribution in [-0.4, -0.2) is 0 Å². The molecule has 1 nitrogen and oxygen atoms in total. The maximum absolute atomic E-state index is 2.45. The highest BCUT2D eigenvalue weighted by atomic mass is 35.5. The van der Waals surface area contributed by atoms with Crippen LogP contribution in [0.15, 0.2) is 12.1 Å². The molecule has 2 rings (SSSR count). The van der Waals surface area contributed by atoms with Gasteiger partial charge in [-0.25, -0.2) is 0 Å². The Morgan fingerprint density at radius 3 is 1.67 bits per heavy atom. The molecule has 0 fully saturated rings. The van der Waals surface area contributed by atoms with E-state index in [1.807, 2.05) is 0 Å². The summed E-state index contributed by atoms with van der Waals surface area (Å²) in [6, 6.07) is 4.89. The van der Waals surface area contributed by atoms with E-state index in [0.717, 1.165) is 0 Å². The predicted molar refractivity (Wildman–Crippen MR) is 69.5 cm³/mol. The molecule has 0 unspecified atom stereocenters. The van der Waals surface area contributed by atoms with Gasteiger partial charge in [0.1, 0.15) is 0 Å². The lowest BCUT2D eigenvalue weighted by Gasteiger charge is -2.09. The van der Waals surface area contributed by atoms with Crippen molar-refractivity contribution in [3.63, 3.8) is 0 Å². The van der Waals surface area contributed by atoms with Gasteiger partial charge in [-0.3, -0.25) is 0 Å². The molecule has 0 spiro atoms. The number of rotatable bonds is 2. The van der Waals surface area contributed by atoms with Crippen molar-refractivity contribution in [2.45, 2.75) is 46.0 Å². The lowest BCUT2D eigenvalue weighted by atomic mass is 9.97. The van der Waals surface area contributed by atoms with E-state index in [1.54, 1.807) is 22.3 Å². The Hall–Kier alpha value is -0.530. The van der Waals surface area contributed by atoms with Gasteiger partial charge in [0.25, 0.3) is 0 Å². The van der Waals surface area contributed by atoms with Gasteiger partial charge < -0.3 is 6.15 Å². The van der Waals surface area contributed by atoms with Crippen LogP contribution in [0.5, 0.6) is 0 Å². The predicted octanol–water partition coefficient (Wildman–Crippen LogP) is 3.88. The standard InChI is InChI=1S/C13H18.ClH.H3N/c1-3-10-8-12-6-5-7-13(12)9-11(10)4-2;;/h8-9H,3-7H2,1-2H3;1H;1H3. The quantitative estimate of drug-likeness (QED) is 0.818. The zero-order valence-electron chi connectivity index (χ0n) is 9.81. The van der Waals surface area contributed by atoms with Crippen LogP contribution in [0, 0.1) is 0 Å². The number of halogens is 1. The van der Waals surface area contributed by atoms with Crippen LogP contribution in [0.4, 0.5) is 0 Å². The highest BCUT2D eigenvalue weighted by Gasteiger charge is 2.12. The summed E-state index contributed by atoms with van der Waals surface area (Å²) in [5.74, 6) is 0. The Labute approximate surface area is 99.3 Å². The van der Waals surface area contributed by atoms with E-state index < -0.39 is 0 Å². The van der Waals surface area contributed by atoms with Crippen molar-refractivity contribution in [1.82, 2.24) is 6.15 Å². The van der Waals surface area contributed by atoms with Gasteiger partial charge in [-0.15, -0.1) is 12.4 Å². The third-order valence-electron chi connectivity index (χ3n) is 3.18. The molecule has 0 saturated heterocycles. The Kier molecular flexibility index (Phi) is 5.92. The SMILES string of the molecule is CCc1cc2c(cc1CC)CCC2.Cl.N. The lowest BCUT2D eigenvalue weighted by molar-refractivity contribution is 0.911. The van der Waals surface area contributed by atoms with E-state index >= 15 is 0 Å². The van der Waals surface area contributed by atoms with E-state index in [1.165, 1.54) is 32.1 Å². The number of hydrogen-bond donors (Lipinski definition) is 1. The van der Waals surface area contributed by atoms with Crippen LogP contribution in [0.1, 0.15) is 42.5 Å². The lowest BCUT2D eigenvalue weighted by Crippen LogP contribution is -1.94. The number of hydrogen-bond acceptors (Lipinski definition) is 1. The number of benzene rings is 1. The fraction of sp³-hybridized carbons (Fsp3) is 0.538. The van der Waals surface area contributed by atoms with Crippen LogP contribution in [0.3, 0.4) is 0 Å². The van der Waals surface area contributed by atoms with E-state index in [-0.39, 0.29) is 18.6 Å². The second-order valence-corrected chi connectivity index (χ2v) is 3.95. The van der Waals surface area contributed by atoms with Crippen molar-refractivity contribution in [3.8, 4) is 0 Å². The topological polar surface area (TPSA) is 35.0 Å². The Bertz CT molecular complexity index is 290. The van der Waals surface area contributed by atoms with Crippen molar-refractivity contribution in [1.29, 1.82) is 0 Å². The van der Waals surface area contributed by atoms with Gasteiger partial charge in [0.2, 0.25) is 0 Å². The van der Waals surface area contributed by atoms with Gasteiger partial charge in [0.05, 0.1) is 0 Å². The van der Waals surface area contributed by atoms with Gasteiger partial charge in [-0.2, -0.15) is 0 Å². The summed E-state index contributed by atoms with van der Waals surface area (Å²) in [5, 5.41) is 0. The molecule has 2 heteroatoms. The van der Waals surface area contributed by atoms with E-state index in [2.05, 4.69) is 26.0 Å². The molecule has 86 valence electrons. The molecule has 3 N–H and O–H groups in total. The van der Waals surface area contributed by atoms with Crippen molar-refractivity contribution in [2.24, 2.45) is 0 Å². The first-order chi connectivity index (χ1) is 6.35. The Balaban J connectivity index is 0.000000980. The second kappa shape index (κ2) is 6.14. The second-order valence-electron chi connectivity index (χ2n) is 3.95. The average Bonchev–Trinajstić information content (AvgIpc) is 2.62. The summed E-state index contributed by atoms with van der Waals surface area (Å²) in [5.41, 5.74) is 6.38. The van der Waals surface area contributed by atoms with Crippen molar-refractivity contribution >= 4 is 12.4 Å². The zero-order chi connectivity index (χ0) is 9.26. The third-order valence-corrected chi connectivity index (χ3v) is 3.18. The largest absolute Gasteiger partial charge is 0.344 e. The average molecular weight is 228 g/mol. The third kappa shape index (κ3) is 2.73. The van der Waals surface area contributed by atoms with E-state index in [4.69, 9.17) is 0 Å². The molecule has 0 atom stereocenters. The first-order valence-corrected chi connectivity index (χ1v) is 5.48. The summed E-state index contributed by atoms with van der Waals surface area (Å²) in [6.07, 6.45) is 6.37. The van der Waals surface area contributed by atoms with Gasteiger partial charge in [-0.05, 0) is 54.4 Å². The van der Waals surface area contributed by atoms with Crippen molar-refractivity contribution < 1.29 is 0 Å². The molecule has 1 aromatic carbocycles. The molecule has 1 aliphatic carbocycles. The molecular weight excluding hydrogens is 206 g/mol. The maximum Gasteiger partial charge on any atom is -0.0273 e. The van der Waals surface area contributed by atoms with Gasteiger partial charge in [0, 0.05) is 0 Å². The van der Waals surface area contributed by atoms with E-state index in [0.29, 0.717) is 0 Å². The summed E-state index contributed by atoms with van der Waals surface area (Å²) >= 11 is 0. The van der Waals surface area contributed by atoms with E-state index in [9.17, 15) is 0 Å². The molecule has 0 radical (unpaired) electrons. The summed E-state index contributed by atoms with van der Waals surface area (Å²) in [4.78, 5) is 0. The van der Waals surface area contributed by atoms with Crippen LogP contribution in [0.25, 0.3) is 0 Å². The Morgan fingerprint density at radius 1 is 0.933 bits per heavy atom. The minimum absolute atomic E-state index is 0. The minimum Gasteiger partial charge on any atom is -0.344 e. The molecule has 0 bridgehead atoms. The molecule has 0 aliphatic heterocycles. The smallest absolute Gasteiger partial charge is 0.0273 e. The molecule has 1 aromatic rings. The summed E-state index contributed by atoms with van der Waals surface area (Å²) < 4.78 is 0. The Morgan fingerprint density at radius 2 is 1.33 bits per heavy atom. The number of aryl methyl sites for hydroxylation is 4. The van der Waals surface area contributed by atoms with Gasteiger partial charge in [-0.1, -0.05) is 26.0 Å². The van der Waals surface area contributed by atoms with Crippen LogP contribution >= 0.6 is 12.4 Å². The first kappa shape index (κ1) is 14.5. The van der Waals surface area contributed by atoms with Gasteiger partial charge >= 0.3 is 0 Å². The molecule has 0 saturated carbocycles. The normalized spacial score (nSPS) is 12.7. The molecule has 1 aliphatic rings. The molecule has 0 amide bonds. The number of fused-ring (bicyclic) bond motifs is 1. The maximum atomic E-state index is 2.45. The van der Waals surface area contributed by atoms with Gasteiger partial charge in [0.15, 0.2) is 0 Å². The van der Waals surface area contributed by atoms with Crippen LogP contribution in [-0.2, 0) is 25.7 Å². The fourth-order valence-electron chi connectivity index (χ4n) is 2.38. The molecule has 0 aromatic heterocycles. The molecule has 0 heterocycles. The fourth-order valence-corrected chi connectivity index (χ4v) is 2.38.